The maximum Gasteiger partial charge on any atom is 0.244 e. The Labute approximate surface area is 187 Å². The van der Waals surface area contributed by atoms with E-state index in [0.717, 1.165) is 5.56 Å². The third kappa shape index (κ3) is 7.61. The van der Waals surface area contributed by atoms with Gasteiger partial charge in [0, 0.05) is 24.8 Å². The molecule has 0 bridgehead atoms. The molecule has 2 amide bonds. The highest BCUT2D eigenvalue weighted by Crippen LogP contribution is 2.38. The average molecular weight is 438 g/mol. The molecule has 0 heterocycles. The highest BCUT2D eigenvalue weighted by Gasteiger charge is 2.12. The first-order valence-corrected chi connectivity index (χ1v) is 9.69. The van der Waals surface area contributed by atoms with Crippen LogP contribution >= 0.6 is 0 Å². The molecular formula is C24H26N2O6. The molecule has 0 fully saturated rings. The molecule has 2 aromatic carbocycles. The van der Waals surface area contributed by atoms with Gasteiger partial charge < -0.3 is 29.6 Å². The molecule has 0 atom stereocenters. The second kappa shape index (κ2) is 12.5. The molecule has 0 aliphatic rings. The quantitative estimate of drug-likeness (QED) is 0.462. The lowest BCUT2D eigenvalue weighted by Gasteiger charge is -2.12. The van der Waals surface area contributed by atoms with Crippen LogP contribution in [0.5, 0.6) is 23.0 Å². The van der Waals surface area contributed by atoms with E-state index in [1.165, 1.54) is 34.3 Å². The Balaban J connectivity index is 1.83. The Morgan fingerprint density at radius 3 is 2.34 bits per heavy atom. The van der Waals surface area contributed by atoms with E-state index in [-0.39, 0.29) is 25.0 Å². The molecule has 0 aliphatic carbocycles. The maximum atomic E-state index is 12.0. The minimum atomic E-state index is -0.294. The van der Waals surface area contributed by atoms with Crippen molar-refractivity contribution in [2.45, 2.75) is 6.92 Å². The van der Waals surface area contributed by atoms with Crippen molar-refractivity contribution in [3.8, 4) is 34.8 Å². The number of carbonyl (C=O) groups excluding carboxylic acids is 2. The summed E-state index contributed by atoms with van der Waals surface area (Å²) < 4.78 is 21.4. The highest BCUT2D eigenvalue weighted by molar-refractivity contribution is 5.92. The van der Waals surface area contributed by atoms with E-state index >= 15 is 0 Å². The summed E-state index contributed by atoms with van der Waals surface area (Å²) in [6.07, 6.45) is 3.03. The third-order valence-electron chi connectivity index (χ3n) is 4.06. The van der Waals surface area contributed by atoms with Gasteiger partial charge in [0.2, 0.25) is 17.6 Å². The summed E-state index contributed by atoms with van der Waals surface area (Å²) in [5, 5.41) is 5.35. The van der Waals surface area contributed by atoms with Crippen LogP contribution in [0.2, 0.25) is 0 Å². The summed E-state index contributed by atoms with van der Waals surface area (Å²) >= 11 is 0. The Kier molecular flexibility index (Phi) is 9.47. The molecule has 0 spiro atoms. The zero-order valence-electron chi connectivity index (χ0n) is 18.5. The predicted octanol–water partition coefficient (Wildman–Crippen LogP) is 2.88. The summed E-state index contributed by atoms with van der Waals surface area (Å²) in [5.41, 5.74) is 1.37. The summed E-state index contributed by atoms with van der Waals surface area (Å²) in [6.45, 7) is 1.77. The minimum absolute atomic E-state index is 0.153. The van der Waals surface area contributed by atoms with Crippen molar-refractivity contribution >= 4 is 23.6 Å². The molecule has 0 saturated heterocycles. The van der Waals surface area contributed by atoms with Crippen molar-refractivity contribution in [1.82, 2.24) is 5.32 Å². The van der Waals surface area contributed by atoms with Crippen molar-refractivity contribution in [3.63, 3.8) is 0 Å². The van der Waals surface area contributed by atoms with Crippen LogP contribution in [0.3, 0.4) is 0 Å². The predicted molar refractivity (Wildman–Crippen MR) is 122 cm³/mol. The molecule has 0 unspecified atom stereocenters. The number of ether oxygens (including phenoxy) is 4. The second-order valence-electron chi connectivity index (χ2n) is 6.36. The second-order valence-corrected chi connectivity index (χ2v) is 6.36. The van der Waals surface area contributed by atoms with Crippen molar-refractivity contribution in [2.24, 2.45) is 0 Å². The van der Waals surface area contributed by atoms with Gasteiger partial charge in [0.1, 0.15) is 12.4 Å². The van der Waals surface area contributed by atoms with Crippen LogP contribution in [-0.4, -0.2) is 46.3 Å². The number of nitrogens with one attached hydrogen (secondary N) is 2. The molecule has 168 valence electrons. The van der Waals surface area contributed by atoms with Crippen molar-refractivity contribution in [1.29, 1.82) is 0 Å². The molecule has 8 nitrogen and oxygen atoms in total. The van der Waals surface area contributed by atoms with Gasteiger partial charge in [0.05, 0.1) is 27.9 Å². The third-order valence-corrected chi connectivity index (χ3v) is 4.06. The lowest BCUT2D eigenvalue weighted by atomic mass is 10.1. The summed E-state index contributed by atoms with van der Waals surface area (Å²) in [7, 11) is 4.58. The van der Waals surface area contributed by atoms with E-state index in [2.05, 4.69) is 22.5 Å². The molecule has 2 N–H and O–H groups in total. The number of amides is 2. The fourth-order valence-electron chi connectivity index (χ4n) is 2.66. The van der Waals surface area contributed by atoms with Crippen LogP contribution in [0, 0.1) is 11.8 Å². The first-order valence-electron chi connectivity index (χ1n) is 9.69. The van der Waals surface area contributed by atoms with E-state index in [1.54, 1.807) is 42.5 Å². The zero-order valence-corrected chi connectivity index (χ0v) is 18.5. The SMILES string of the molecule is COc1cc(/C=C/C(=O)NCC#CCOc2cccc(NC(C)=O)c2)cc(OC)c1OC. The topological polar surface area (TPSA) is 95.1 Å². The van der Waals surface area contributed by atoms with Crippen LogP contribution in [-0.2, 0) is 9.59 Å². The Morgan fingerprint density at radius 1 is 1.00 bits per heavy atom. The molecule has 0 aromatic heterocycles. The smallest absolute Gasteiger partial charge is 0.244 e. The zero-order chi connectivity index (χ0) is 23.3. The van der Waals surface area contributed by atoms with Gasteiger partial charge in [0.15, 0.2) is 11.5 Å². The van der Waals surface area contributed by atoms with Gasteiger partial charge in [-0.05, 0) is 35.9 Å². The summed E-state index contributed by atoms with van der Waals surface area (Å²) in [4.78, 5) is 23.1. The number of carbonyl (C=O) groups is 2. The minimum Gasteiger partial charge on any atom is -0.493 e. The maximum absolute atomic E-state index is 12.0. The normalized spacial score (nSPS) is 10.0. The molecular weight excluding hydrogens is 412 g/mol. The molecule has 0 aliphatic heterocycles. The first kappa shape index (κ1) is 24.2. The van der Waals surface area contributed by atoms with Gasteiger partial charge in [-0.15, -0.1) is 0 Å². The summed E-state index contributed by atoms with van der Waals surface area (Å²) in [6, 6.07) is 10.5. The first-order chi connectivity index (χ1) is 15.5. The number of benzene rings is 2. The molecule has 2 aromatic rings. The van der Waals surface area contributed by atoms with Crippen LogP contribution < -0.4 is 29.6 Å². The van der Waals surface area contributed by atoms with Gasteiger partial charge in [-0.2, -0.15) is 0 Å². The average Bonchev–Trinajstić information content (AvgIpc) is 2.78. The van der Waals surface area contributed by atoms with Crippen molar-refractivity contribution in [3.05, 3.63) is 48.0 Å². The monoisotopic (exact) mass is 438 g/mol. The fraction of sp³-hybridized carbons (Fsp3) is 0.250. The molecule has 0 radical (unpaired) electrons. The Bertz CT molecular complexity index is 1010. The van der Waals surface area contributed by atoms with Crippen molar-refractivity contribution in [2.75, 3.05) is 39.8 Å². The van der Waals surface area contributed by atoms with Crippen LogP contribution in [0.25, 0.3) is 6.08 Å². The number of methoxy groups -OCH3 is 3. The van der Waals surface area contributed by atoms with E-state index in [9.17, 15) is 9.59 Å². The van der Waals surface area contributed by atoms with Gasteiger partial charge >= 0.3 is 0 Å². The van der Waals surface area contributed by atoms with Crippen LogP contribution in [0.15, 0.2) is 42.5 Å². The van der Waals surface area contributed by atoms with Gasteiger partial charge in [-0.1, -0.05) is 17.9 Å². The Morgan fingerprint density at radius 2 is 1.72 bits per heavy atom. The molecule has 8 heteroatoms. The van der Waals surface area contributed by atoms with E-state index < -0.39 is 0 Å². The number of hydrogen-bond acceptors (Lipinski definition) is 6. The fourth-order valence-corrected chi connectivity index (χ4v) is 2.66. The number of rotatable bonds is 9. The summed E-state index contributed by atoms with van der Waals surface area (Å²) in [5.74, 6) is 7.26. The lowest BCUT2D eigenvalue weighted by Crippen LogP contribution is -2.21. The number of anilines is 1. The standard InChI is InChI=1S/C24H26N2O6/c1-17(27)26-19-8-7-9-20(16-19)32-13-6-5-12-25-23(28)11-10-18-14-21(29-2)24(31-4)22(15-18)30-3/h7-11,14-16H,12-13H2,1-4H3,(H,25,28)(H,26,27)/b11-10+. The highest BCUT2D eigenvalue weighted by atomic mass is 16.5. The molecule has 2 rings (SSSR count). The van der Waals surface area contributed by atoms with Crippen molar-refractivity contribution < 1.29 is 28.5 Å². The molecule has 32 heavy (non-hydrogen) atoms. The van der Waals surface area contributed by atoms with Gasteiger partial charge in [0.25, 0.3) is 0 Å². The van der Waals surface area contributed by atoms with Gasteiger partial charge in [-0.25, -0.2) is 0 Å². The van der Waals surface area contributed by atoms with Gasteiger partial charge in [-0.3, -0.25) is 9.59 Å². The van der Waals surface area contributed by atoms with Crippen LogP contribution in [0.4, 0.5) is 5.69 Å². The molecule has 0 saturated carbocycles. The van der Waals surface area contributed by atoms with E-state index in [1.807, 2.05) is 0 Å². The largest absolute Gasteiger partial charge is 0.493 e. The van der Waals surface area contributed by atoms with E-state index in [0.29, 0.717) is 28.7 Å². The van der Waals surface area contributed by atoms with E-state index in [4.69, 9.17) is 18.9 Å². The lowest BCUT2D eigenvalue weighted by molar-refractivity contribution is -0.116. The Hall–Kier alpha value is -4.12. The number of hydrogen-bond donors (Lipinski definition) is 2. The van der Waals surface area contributed by atoms with Crippen LogP contribution in [0.1, 0.15) is 12.5 Å².